The summed E-state index contributed by atoms with van der Waals surface area (Å²) in [4.78, 5) is 4.67. The van der Waals surface area contributed by atoms with Crippen molar-refractivity contribution >= 4 is 22.6 Å². The number of methoxy groups -OCH3 is 1. The van der Waals surface area contributed by atoms with Crippen molar-refractivity contribution in [1.29, 1.82) is 0 Å². The summed E-state index contributed by atoms with van der Waals surface area (Å²) in [7, 11) is 1.70. The molecule has 0 saturated heterocycles. The van der Waals surface area contributed by atoms with Gasteiger partial charge in [0, 0.05) is 26.0 Å². The predicted octanol–water partition coefficient (Wildman–Crippen LogP) is 2.86. The van der Waals surface area contributed by atoms with Crippen molar-refractivity contribution in [3.05, 3.63) is 24.0 Å². The molecule has 0 aliphatic heterocycles. The van der Waals surface area contributed by atoms with Crippen LogP contribution in [0.25, 0.3) is 11.0 Å². The van der Waals surface area contributed by atoms with Crippen molar-refractivity contribution < 1.29 is 9.47 Å². The Morgan fingerprint density at radius 2 is 2.21 bits per heavy atom. The zero-order valence-corrected chi connectivity index (χ0v) is 12.1. The topological polar surface area (TPSA) is 36.3 Å². The number of hydrogen-bond acceptors (Lipinski definition) is 3. The molecule has 0 atom stereocenters. The molecule has 0 N–H and O–H groups in total. The number of alkyl halides is 1. The molecule has 4 nitrogen and oxygen atoms in total. The largest absolute Gasteiger partial charge is 0.492 e. The number of aryl methyl sites for hydroxylation is 1. The van der Waals surface area contributed by atoms with Gasteiger partial charge in [-0.05, 0) is 19.1 Å². The van der Waals surface area contributed by atoms with E-state index in [1.165, 1.54) is 0 Å². The van der Waals surface area contributed by atoms with Crippen LogP contribution in [0, 0.1) is 0 Å². The van der Waals surface area contributed by atoms with Gasteiger partial charge >= 0.3 is 0 Å². The third-order valence-electron chi connectivity index (χ3n) is 2.96. The van der Waals surface area contributed by atoms with Gasteiger partial charge in [-0.25, -0.2) is 4.98 Å². The van der Waals surface area contributed by atoms with Crippen molar-refractivity contribution in [2.45, 2.75) is 19.9 Å². The van der Waals surface area contributed by atoms with Crippen LogP contribution in [-0.2, 0) is 17.7 Å². The molecule has 0 aliphatic rings. The molecule has 0 unspecified atom stereocenters. The Bertz CT molecular complexity index is 539. The molecule has 0 fully saturated rings. The Balaban J connectivity index is 2.48. The molecular weight excluding hydrogens is 264 g/mol. The lowest BCUT2D eigenvalue weighted by Gasteiger charge is -2.08. The van der Waals surface area contributed by atoms with Gasteiger partial charge in [0.05, 0.1) is 18.7 Å². The number of benzene rings is 1. The number of para-hydroxylation sites is 1. The Morgan fingerprint density at radius 3 is 2.89 bits per heavy atom. The van der Waals surface area contributed by atoms with Crippen molar-refractivity contribution in [3.63, 3.8) is 0 Å². The Morgan fingerprint density at radius 1 is 1.37 bits per heavy atom. The number of halogens is 1. The van der Waals surface area contributed by atoms with E-state index in [2.05, 4.69) is 15.6 Å². The highest BCUT2D eigenvalue weighted by Gasteiger charge is 2.13. The van der Waals surface area contributed by atoms with Gasteiger partial charge in [-0.1, -0.05) is 6.07 Å². The molecule has 2 rings (SSSR count). The maximum absolute atomic E-state index is 5.85. The van der Waals surface area contributed by atoms with E-state index >= 15 is 0 Å². The number of rotatable bonds is 7. The van der Waals surface area contributed by atoms with E-state index in [1.54, 1.807) is 7.11 Å². The highest BCUT2D eigenvalue weighted by Crippen LogP contribution is 2.26. The molecule has 0 spiro atoms. The van der Waals surface area contributed by atoms with E-state index in [0.717, 1.165) is 35.6 Å². The molecule has 19 heavy (non-hydrogen) atoms. The zero-order chi connectivity index (χ0) is 13.7. The molecular formula is C14H19ClN2O2. The molecule has 0 aliphatic carbocycles. The van der Waals surface area contributed by atoms with Crippen LogP contribution in [0.15, 0.2) is 18.2 Å². The minimum atomic E-state index is 0.556. The summed E-state index contributed by atoms with van der Waals surface area (Å²) < 4.78 is 12.9. The average Bonchev–Trinajstić information content (AvgIpc) is 2.76. The zero-order valence-electron chi connectivity index (χ0n) is 11.4. The van der Waals surface area contributed by atoms with Crippen LogP contribution in [-0.4, -0.2) is 35.8 Å². The molecule has 104 valence electrons. The SMILES string of the molecule is CCOc1cccc2c1nc(CCCl)n2CCOC. The van der Waals surface area contributed by atoms with E-state index in [-0.39, 0.29) is 0 Å². The van der Waals surface area contributed by atoms with Gasteiger partial charge in [0.15, 0.2) is 0 Å². The highest BCUT2D eigenvalue weighted by atomic mass is 35.5. The summed E-state index contributed by atoms with van der Waals surface area (Å²) in [6, 6.07) is 5.99. The number of imidazole rings is 1. The lowest BCUT2D eigenvalue weighted by molar-refractivity contribution is 0.187. The van der Waals surface area contributed by atoms with Gasteiger partial charge in [0.25, 0.3) is 0 Å². The van der Waals surface area contributed by atoms with Crippen LogP contribution in [0.4, 0.5) is 0 Å². The van der Waals surface area contributed by atoms with Crippen LogP contribution in [0.1, 0.15) is 12.7 Å². The van der Waals surface area contributed by atoms with Crippen LogP contribution in [0.2, 0.25) is 0 Å². The molecule has 0 saturated carbocycles. The predicted molar refractivity (Wildman–Crippen MR) is 77.2 cm³/mol. The molecule has 0 bridgehead atoms. The lowest BCUT2D eigenvalue weighted by Crippen LogP contribution is -2.08. The minimum absolute atomic E-state index is 0.556. The van der Waals surface area contributed by atoms with E-state index < -0.39 is 0 Å². The van der Waals surface area contributed by atoms with E-state index in [0.29, 0.717) is 19.1 Å². The number of nitrogens with zero attached hydrogens (tertiary/aromatic N) is 2. The van der Waals surface area contributed by atoms with Gasteiger partial charge in [-0.3, -0.25) is 0 Å². The van der Waals surface area contributed by atoms with Gasteiger partial charge in [0.2, 0.25) is 0 Å². The molecule has 0 amide bonds. The first-order chi connectivity index (χ1) is 9.31. The number of aromatic nitrogens is 2. The number of fused-ring (bicyclic) bond motifs is 1. The van der Waals surface area contributed by atoms with Crippen molar-refractivity contribution in [2.75, 3.05) is 26.2 Å². The monoisotopic (exact) mass is 282 g/mol. The first-order valence-electron chi connectivity index (χ1n) is 6.47. The van der Waals surface area contributed by atoms with Gasteiger partial charge in [-0.15, -0.1) is 11.6 Å². The molecule has 1 heterocycles. The number of ether oxygens (including phenoxy) is 2. The first-order valence-corrected chi connectivity index (χ1v) is 7.01. The molecule has 1 aromatic heterocycles. The summed E-state index contributed by atoms with van der Waals surface area (Å²) in [5.74, 6) is 2.36. The molecule has 0 radical (unpaired) electrons. The quantitative estimate of drug-likeness (QED) is 0.733. The maximum Gasteiger partial charge on any atom is 0.147 e. The minimum Gasteiger partial charge on any atom is -0.492 e. The van der Waals surface area contributed by atoms with Crippen LogP contribution < -0.4 is 4.74 Å². The van der Waals surface area contributed by atoms with Crippen molar-refractivity contribution in [3.8, 4) is 5.75 Å². The molecule has 1 aromatic carbocycles. The fourth-order valence-corrected chi connectivity index (χ4v) is 2.32. The second-order valence-electron chi connectivity index (χ2n) is 4.17. The summed E-state index contributed by atoms with van der Waals surface area (Å²) in [5, 5.41) is 0. The molecule has 5 heteroatoms. The highest BCUT2D eigenvalue weighted by molar-refractivity contribution is 6.17. The van der Waals surface area contributed by atoms with Gasteiger partial charge in [-0.2, -0.15) is 0 Å². The Hall–Kier alpha value is -1.26. The summed E-state index contributed by atoms with van der Waals surface area (Å²) in [6.07, 6.45) is 0.742. The van der Waals surface area contributed by atoms with Crippen LogP contribution >= 0.6 is 11.6 Å². The van der Waals surface area contributed by atoms with E-state index in [4.69, 9.17) is 21.1 Å². The average molecular weight is 283 g/mol. The smallest absolute Gasteiger partial charge is 0.147 e. The van der Waals surface area contributed by atoms with Crippen molar-refractivity contribution in [2.24, 2.45) is 0 Å². The van der Waals surface area contributed by atoms with E-state index in [1.807, 2.05) is 19.1 Å². The van der Waals surface area contributed by atoms with Gasteiger partial charge < -0.3 is 14.0 Å². The van der Waals surface area contributed by atoms with Crippen LogP contribution in [0.5, 0.6) is 5.75 Å². The lowest BCUT2D eigenvalue weighted by atomic mass is 10.3. The summed E-state index contributed by atoms with van der Waals surface area (Å²) in [5.41, 5.74) is 1.98. The standard InChI is InChI=1S/C14H19ClN2O2/c1-3-19-12-6-4-5-11-14(12)16-13(7-8-15)17(11)9-10-18-2/h4-6H,3,7-10H2,1-2H3. The third kappa shape index (κ3) is 3.01. The Kier molecular flexibility index (Phi) is 5.05. The third-order valence-corrected chi connectivity index (χ3v) is 3.15. The second-order valence-corrected chi connectivity index (χ2v) is 4.55. The second kappa shape index (κ2) is 6.78. The fourth-order valence-electron chi connectivity index (χ4n) is 2.15. The van der Waals surface area contributed by atoms with Gasteiger partial charge in [0.1, 0.15) is 17.1 Å². The van der Waals surface area contributed by atoms with Crippen LogP contribution in [0.3, 0.4) is 0 Å². The molecule has 2 aromatic rings. The Labute approximate surface area is 118 Å². The van der Waals surface area contributed by atoms with Crippen molar-refractivity contribution in [1.82, 2.24) is 9.55 Å². The van der Waals surface area contributed by atoms with E-state index in [9.17, 15) is 0 Å². The summed E-state index contributed by atoms with van der Waals surface area (Å²) in [6.45, 7) is 4.03. The summed E-state index contributed by atoms with van der Waals surface area (Å²) >= 11 is 5.85. The maximum atomic E-state index is 5.85. The first kappa shape index (κ1) is 14.2. The normalized spacial score (nSPS) is 11.1. The number of hydrogen-bond donors (Lipinski definition) is 0. The fraction of sp³-hybridized carbons (Fsp3) is 0.500.